The van der Waals surface area contributed by atoms with E-state index in [1.54, 1.807) is 17.0 Å². The lowest BCUT2D eigenvalue weighted by molar-refractivity contribution is -0.117. The first kappa shape index (κ1) is 18.0. The lowest BCUT2D eigenvalue weighted by Gasteiger charge is -2.15. The minimum Gasteiger partial charge on any atom is -0.352 e. The van der Waals surface area contributed by atoms with Crippen LogP contribution in [0.4, 0.5) is 5.69 Å². The number of hydrogen-bond acceptors (Lipinski definition) is 3. The molecule has 0 unspecified atom stereocenters. The quantitative estimate of drug-likeness (QED) is 0.721. The number of amides is 2. The third-order valence-corrected chi connectivity index (χ3v) is 4.87. The maximum absolute atomic E-state index is 12.3. The van der Waals surface area contributed by atoms with Gasteiger partial charge >= 0.3 is 0 Å². The molecule has 142 valence electrons. The molecule has 1 fully saturated rings. The molecule has 2 aromatic carbocycles. The van der Waals surface area contributed by atoms with E-state index in [-0.39, 0.29) is 11.8 Å². The number of carbonyl (C=O) groups is 2. The lowest BCUT2D eigenvalue weighted by Crippen LogP contribution is -2.26. The maximum Gasteiger partial charge on any atom is 0.251 e. The molecule has 0 saturated carbocycles. The fourth-order valence-electron chi connectivity index (χ4n) is 3.35. The van der Waals surface area contributed by atoms with Crippen molar-refractivity contribution in [3.8, 4) is 5.69 Å². The second-order valence-electron chi connectivity index (χ2n) is 6.83. The summed E-state index contributed by atoms with van der Waals surface area (Å²) in [5, 5.41) is 7.31. The molecule has 2 heterocycles. The van der Waals surface area contributed by atoms with Crippen molar-refractivity contribution in [1.29, 1.82) is 0 Å². The summed E-state index contributed by atoms with van der Waals surface area (Å²) in [5.41, 5.74) is 3.52. The van der Waals surface area contributed by atoms with E-state index in [2.05, 4.69) is 10.4 Å². The van der Waals surface area contributed by atoms with Crippen molar-refractivity contribution in [3.05, 3.63) is 78.1 Å². The van der Waals surface area contributed by atoms with Crippen LogP contribution < -0.4 is 10.2 Å². The number of benzene rings is 2. The zero-order chi connectivity index (χ0) is 19.3. The molecule has 2 amide bonds. The van der Waals surface area contributed by atoms with Crippen LogP contribution in [0.5, 0.6) is 0 Å². The summed E-state index contributed by atoms with van der Waals surface area (Å²) >= 11 is 0. The van der Waals surface area contributed by atoms with Crippen molar-refractivity contribution >= 4 is 17.5 Å². The number of rotatable bonds is 6. The second kappa shape index (κ2) is 8.08. The van der Waals surface area contributed by atoms with Crippen molar-refractivity contribution < 1.29 is 9.59 Å². The number of carbonyl (C=O) groups excluding carboxylic acids is 2. The van der Waals surface area contributed by atoms with Crippen LogP contribution in [0, 0.1) is 0 Å². The largest absolute Gasteiger partial charge is 0.352 e. The van der Waals surface area contributed by atoms with Crippen LogP contribution in [0.25, 0.3) is 5.69 Å². The van der Waals surface area contributed by atoms with E-state index in [0.717, 1.165) is 29.9 Å². The van der Waals surface area contributed by atoms with Crippen LogP contribution in [-0.4, -0.2) is 34.7 Å². The molecule has 1 aromatic heterocycles. The molecular weight excluding hydrogens is 352 g/mol. The number of nitrogens with one attached hydrogen (secondary N) is 1. The highest BCUT2D eigenvalue weighted by Crippen LogP contribution is 2.21. The zero-order valence-corrected chi connectivity index (χ0v) is 15.5. The fraction of sp³-hybridized carbons (Fsp3) is 0.227. The summed E-state index contributed by atoms with van der Waals surface area (Å²) < 4.78 is 1.83. The minimum atomic E-state index is -0.116. The Bertz CT molecular complexity index is 964. The van der Waals surface area contributed by atoms with E-state index in [4.69, 9.17) is 0 Å². The van der Waals surface area contributed by atoms with Crippen LogP contribution >= 0.6 is 0 Å². The molecule has 6 heteroatoms. The van der Waals surface area contributed by atoms with Gasteiger partial charge in [-0.3, -0.25) is 9.59 Å². The molecule has 1 saturated heterocycles. The molecule has 0 atom stereocenters. The van der Waals surface area contributed by atoms with Crippen LogP contribution in [0.3, 0.4) is 0 Å². The van der Waals surface area contributed by atoms with Gasteiger partial charge < -0.3 is 10.2 Å². The molecule has 1 aliphatic heterocycles. The van der Waals surface area contributed by atoms with Gasteiger partial charge in [0.05, 0.1) is 11.9 Å². The van der Waals surface area contributed by atoms with Crippen molar-refractivity contribution in [1.82, 2.24) is 15.1 Å². The Morgan fingerprint density at radius 2 is 1.82 bits per heavy atom. The average Bonchev–Trinajstić information content (AvgIpc) is 3.38. The van der Waals surface area contributed by atoms with Crippen LogP contribution in [-0.2, 0) is 11.2 Å². The normalized spacial score (nSPS) is 13.7. The van der Waals surface area contributed by atoms with E-state index < -0.39 is 0 Å². The highest BCUT2D eigenvalue weighted by Gasteiger charge is 2.21. The topological polar surface area (TPSA) is 67.2 Å². The number of anilines is 1. The van der Waals surface area contributed by atoms with Gasteiger partial charge in [-0.25, -0.2) is 4.68 Å². The van der Waals surface area contributed by atoms with Crippen molar-refractivity contribution in [2.45, 2.75) is 19.3 Å². The summed E-state index contributed by atoms with van der Waals surface area (Å²) in [4.78, 5) is 25.9. The van der Waals surface area contributed by atoms with Gasteiger partial charge in [0.25, 0.3) is 5.91 Å². The molecule has 4 rings (SSSR count). The van der Waals surface area contributed by atoms with Crippen molar-refractivity contribution in [2.24, 2.45) is 0 Å². The van der Waals surface area contributed by atoms with E-state index in [0.29, 0.717) is 24.9 Å². The van der Waals surface area contributed by atoms with Crippen LogP contribution in [0.2, 0.25) is 0 Å². The highest BCUT2D eigenvalue weighted by molar-refractivity contribution is 5.97. The van der Waals surface area contributed by atoms with Gasteiger partial charge in [-0.2, -0.15) is 5.10 Å². The SMILES string of the molecule is O=C(NCCc1cnn(-c2ccccc2)c1)c1ccc(N2CCCC2=O)cc1. The number of nitrogens with zero attached hydrogens (tertiary/aromatic N) is 3. The zero-order valence-electron chi connectivity index (χ0n) is 15.5. The summed E-state index contributed by atoms with van der Waals surface area (Å²) in [6.07, 6.45) is 5.99. The number of hydrogen-bond donors (Lipinski definition) is 1. The van der Waals surface area contributed by atoms with Gasteiger partial charge in [0.1, 0.15) is 0 Å². The Morgan fingerprint density at radius 1 is 1.04 bits per heavy atom. The van der Waals surface area contributed by atoms with Crippen molar-refractivity contribution in [2.75, 3.05) is 18.0 Å². The van der Waals surface area contributed by atoms with Gasteiger partial charge in [0, 0.05) is 37.0 Å². The Hall–Kier alpha value is -3.41. The first-order valence-corrected chi connectivity index (χ1v) is 9.48. The molecule has 6 nitrogen and oxygen atoms in total. The molecule has 1 aliphatic rings. The smallest absolute Gasteiger partial charge is 0.251 e. The molecule has 0 spiro atoms. The molecule has 0 aliphatic carbocycles. The van der Waals surface area contributed by atoms with Gasteiger partial charge in [-0.05, 0) is 54.8 Å². The molecular formula is C22H22N4O2. The molecule has 1 N–H and O–H groups in total. The van der Waals surface area contributed by atoms with E-state index >= 15 is 0 Å². The number of para-hydroxylation sites is 1. The van der Waals surface area contributed by atoms with Crippen LogP contribution in [0.1, 0.15) is 28.8 Å². The Labute approximate surface area is 163 Å². The van der Waals surface area contributed by atoms with Gasteiger partial charge in [0.15, 0.2) is 0 Å². The van der Waals surface area contributed by atoms with E-state index in [9.17, 15) is 9.59 Å². The number of aromatic nitrogens is 2. The second-order valence-corrected chi connectivity index (χ2v) is 6.83. The maximum atomic E-state index is 12.3. The monoisotopic (exact) mass is 374 g/mol. The average molecular weight is 374 g/mol. The third kappa shape index (κ3) is 3.96. The minimum absolute atomic E-state index is 0.116. The first-order chi connectivity index (χ1) is 13.7. The summed E-state index contributed by atoms with van der Waals surface area (Å²) in [6, 6.07) is 17.1. The highest BCUT2D eigenvalue weighted by atomic mass is 16.2. The third-order valence-electron chi connectivity index (χ3n) is 4.87. The van der Waals surface area contributed by atoms with E-state index in [1.165, 1.54) is 0 Å². The molecule has 0 bridgehead atoms. The van der Waals surface area contributed by atoms with E-state index in [1.807, 2.05) is 59.5 Å². The lowest BCUT2D eigenvalue weighted by atomic mass is 10.1. The predicted octanol–water partition coefficient (Wildman–Crippen LogP) is 2.97. The summed E-state index contributed by atoms with van der Waals surface area (Å²) in [6.45, 7) is 1.28. The Balaban J connectivity index is 1.30. The standard InChI is InChI=1S/C22H22N4O2/c27-21-7-4-14-25(21)19-10-8-18(9-11-19)22(28)23-13-12-17-15-24-26(16-17)20-5-2-1-3-6-20/h1-3,5-6,8-11,15-16H,4,7,12-14H2,(H,23,28). The Kier molecular flexibility index (Phi) is 5.19. The molecule has 28 heavy (non-hydrogen) atoms. The van der Waals surface area contributed by atoms with Gasteiger partial charge in [-0.15, -0.1) is 0 Å². The molecule has 0 radical (unpaired) electrons. The van der Waals surface area contributed by atoms with Gasteiger partial charge in [0.2, 0.25) is 5.91 Å². The van der Waals surface area contributed by atoms with Gasteiger partial charge in [-0.1, -0.05) is 18.2 Å². The van der Waals surface area contributed by atoms with Crippen molar-refractivity contribution in [3.63, 3.8) is 0 Å². The van der Waals surface area contributed by atoms with Crippen LogP contribution in [0.15, 0.2) is 67.0 Å². The molecule has 3 aromatic rings. The first-order valence-electron chi connectivity index (χ1n) is 9.48. The summed E-state index contributed by atoms with van der Waals surface area (Å²) in [7, 11) is 0. The fourth-order valence-corrected chi connectivity index (χ4v) is 3.35. The summed E-state index contributed by atoms with van der Waals surface area (Å²) in [5.74, 6) is 0.0306. The predicted molar refractivity (Wildman–Crippen MR) is 108 cm³/mol. The Morgan fingerprint density at radius 3 is 2.54 bits per heavy atom.